The molecule has 7 heteroatoms. The number of aromatic nitrogens is 2. The Morgan fingerprint density at radius 1 is 1.11 bits per heavy atom. The first kappa shape index (κ1) is 19.4. The van der Waals surface area contributed by atoms with Gasteiger partial charge >= 0.3 is 0 Å². The van der Waals surface area contributed by atoms with Crippen molar-refractivity contribution in [2.24, 2.45) is 0 Å². The SMILES string of the molecule is CC(C)NCc1cccc(OCCOc2nccnc2N2CCNCC2)c1. The van der Waals surface area contributed by atoms with Gasteiger partial charge in [-0.25, -0.2) is 9.97 Å². The molecule has 0 atom stereocenters. The average molecular weight is 371 g/mol. The highest BCUT2D eigenvalue weighted by Crippen LogP contribution is 2.22. The van der Waals surface area contributed by atoms with Crippen LogP contribution in [-0.4, -0.2) is 55.4 Å². The third-order valence-electron chi connectivity index (χ3n) is 4.27. The number of rotatable bonds is 9. The molecule has 0 radical (unpaired) electrons. The lowest BCUT2D eigenvalue weighted by Crippen LogP contribution is -2.44. The maximum absolute atomic E-state index is 5.85. The summed E-state index contributed by atoms with van der Waals surface area (Å²) in [6, 6.07) is 8.59. The highest BCUT2D eigenvalue weighted by molar-refractivity contribution is 5.48. The van der Waals surface area contributed by atoms with E-state index in [-0.39, 0.29) is 0 Å². The molecule has 0 saturated carbocycles. The average Bonchev–Trinajstić information content (AvgIpc) is 2.71. The molecule has 2 N–H and O–H groups in total. The zero-order valence-corrected chi connectivity index (χ0v) is 16.1. The minimum absolute atomic E-state index is 0.423. The second-order valence-electron chi connectivity index (χ2n) is 6.80. The minimum Gasteiger partial charge on any atom is -0.490 e. The lowest BCUT2D eigenvalue weighted by molar-refractivity contribution is 0.211. The molecular formula is C20H29N5O2. The number of nitrogens with zero attached hydrogens (tertiary/aromatic N) is 3. The number of nitrogens with one attached hydrogen (secondary N) is 2. The van der Waals surface area contributed by atoms with Gasteiger partial charge in [-0.15, -0.1) is 0 Å². The van der Waals surface area contributed by atoms with E-state index in [1.54, 1.807) is 12.4 Å². The molecule has 1 aromatic heterocycles. The number of piperazine rings is 1. The van der Waals surface area contributed by atoms with Crippen LogP contribution in [0.4, 0.5) is 5.82 Å². The van der Waals surface area contributed by atoms with Gasteiger partial charge in [0, 0.05) is 51.2 Å². The summed E-state index contributed by atoms with van der Waals surface area (Å²) in [5.74, 6) is 2.22. The molecule has 7 nitrogen and oxygen atoms in total. The van der Waals surface area contributed by atoms with Gasteiger partial charge in [0.25, 0.3) is 5.88 Å². The predicted octanol–water partition coefficient (Wildman–Crippen LogP) is 1.84. The summed E-state index contributed by atoms with van der Waals surface area (Å²) in [5, 5.41) is 6.75. The van der Waals surface area contributed by atoms with Gasteiger partial charge in [-0.2, -0.15) is 0 Å². The summed E-state index contributed by atoms with van der Waals surface area (Å²) >= 11 is 0. The topological polar surface area (TPSA) is 71.5 Å². The van der Waals surface area contributed by atoms with Crippen LogP contribution in [-0.2, 0) is 6.54 Å². The fourth-order valence-corrected chi connectivity index (χ4v) is 2.88. The highest BCUT2D eigenvalue weighted by Gasteiger charge is 2.17. The van der Waals surface area contributed by atoms with Crippen LogP contribution in [0.1, 0.15) is 19.4 Å². The molecule has 0 spiro atoms. The number of anilines is 1. The van der Waals surface area contributed by atoms with Crippen LogP contribution >= 0.6 is 0 Å². The van der Waals surface area contributed by atoms with Crippen LogP contribution in [0.2, 0.25) is 0 Å². The molecule has 146 valence electrons. The quantitative estimate of drug-likeness (QED) is 0.652. The maximum atomic E-state index is 5.85. The molecule has 2 aromatic rings. The number of hydrogen-bond acceptors (Lipinski definition) is 7. The Kier molecular flexibility index (Phi) is 7.24. The molecule has 27 heavy (non-hydrogen) atoms. The van der Waals surface area contributed by atoms with Gasteiger partial charge in [-0.3, -0.25) is 0 Å². The van der Waals surface area contributed by atoms with E-state index in [1.807, 2.05) is 12.1 Å². The summed E-state index contributed by atoms with van der Waals surface area (Å²) in [7, 11) is 0. The number of hydrogen-bond donors (Lipinski definition) is 2. The van der Waals surface area contributed by atoms with Gasteiger partial charge in [0.2, 0.25) is 0 Å². The second kappa shape index (κ2) is 10.1. The summed E-state index contributed by atoms with van der Waals surface area (Å²) in [5.41, 5.74) is 1.21. The van der Waals surface area contributed by atoms with E-state index < -0.39 is 0 Å². The summed E-state index contributed by atoms with van der Waals surface area (Å²) < 4.78 is 11.7. The summed E-state index contributed by atoms with van der Waals surface area (Å²) in [6.45, 7) is 9.69. The van der Waals surface area contributed by atoms with Crippen LogP contribution in [0.3, 0.4) is 0 Å². The van der Waals surface area contributed by atoms with E-state index in [2.05, 4.69) is 51.5 Å². The molecular weight excluding hydrogens is 342 g/mol. The number of benzene rings is 1. The van der Waals surface area contributed by atoms with Crippen molar-refractivity contribution in [2.45, 2.75) is 26.4 Å². The predicted molar refractivity (Wildman–Crippen MR) is 107 cm³/mol. The highest BCUT2D eigenvalue weighted by atomic mass is 16.5. The normalized spacial score (nSPS) is 14.4. The van der Waals surface area contributed by atoms with Crippen molar-refractivity contribution in [3.8, 4) is 11.6 Å². The molecule has 0 bridgehead atoms. The fraction of sp³-hybridized carbons (Fsp3) is 0.500. The molecule has 0 unspecified atom stereocenters. The van der Waals surface area contributed by atoms with Crippen LogP contribution in [0, 0.1) is 0 Å². The van der Waals surface area contributed by atoms with Crippen LogP contribution < -0.4 is 25.0 Å². The molecule has 0 aliphatic carbocycles. The molecule has 1 fully saturated rings. The summed E-state index contributed by atoms with van der Waals surface area (Å²) in [6.07, 6.45) is 3.37. The standard InChI is InChI=1S/C20H29N5O2/c1-16(2)24-15-17-4-3-5-18(14-17)26-12-13-27-20-19(22-6-7-23-20)25-10-8-21-9-11-25/h3-7,14,16,21,24H,8-13,15H2,1-2H3. The Bertz CT molecular complexity index is 704. The Hall–Kier alpha value is -2.38. The van der Waals surface area contributed by atoms with Crippen LogP contribution in [0.15, 0.2) is 36.7 Å². The van der Waals surface area contributed by atoms with Gasteiger partial charge in [0.05, 0.1) is 0 Å². The van der Waals surface area contributed by atoms with Gasteiger partial charge in [-0.1, -0.05) is 26.0 Å². The maximum Gasteiger partial charge on any atom is 0.257 e. The lowest BCUT2D eigenvalue weighted by Gasteiger charge is -2.28. The van der Waals surface area contributed by atoms with Crippen molar-refractivity contribution in [1.82, 2.24) is 20.6 Å². The van der Waals surface area contributed by atoms with Gasteiger partial charge in [0.15, 0.2) is 5.82 Å². The van der Waals surface area contributed by atoms with Gasteiger partial charge < -0.3 is 25.0 Å². The molecule has 1 aliphatic rings. The van der Waals surface area contributed by atoms with E-state index in [0.717, 1.165) is 44.3 Å². The Morgan fingerprint density at radius 2 is 1.89 bits per heavy atom. The molecule has 3 rings (SSSR count). The first-order valence-electron chi connectivity index (χ1n) is 9.57. The van der Waals surface area contributed by atoms with Crippen molar-refractivity contribution in [3.05, 3.63) is 42.2 Å². The number of ether oxygens (including phenoxy) is 2. The lowest BCUT2D eigenvalue weighted by atomic mass is 10.2. The zero-order chi connectivity index (χ0) is 18.9. The van der Waals surface area contributed by atoms with Crippen molar-refractivity contribution < 1.29 is 9.47 Å². The van der Waals surface area contributed by atoms with Gasteiger partial charge in [0.1, 0.15) is 19.0 Å². The zero-order valence-electron chi connectivity index (χ0n) is 16.1. The molecule has 1 aromatic carbocycles. The van der Waals surface area contributed by atoms with E-state index >= 15 is 0 Å². The molecule has 1 saturated heterocycles. The smallest absolute Gasteiger partial charge is 0.257 e. The molecule has 1 aliphatic heterocycles. The fourth-order valence-electron chi connectivity index (χ4n) is 2.88. The monoisotopic (exact) mass is 371 g/mol. The van der Waals surface area contributed by atoms with Gasteiger partial charge in [-0.05, 0) is 17.7 Å². The largest absolute Gasteiger partial charge is 0.490 e. The first-order chi connectivity index (χ1) is 13.2. The van der Waals surface area contributed by atoms with Crippen LogP contribution in [0.25, 0.3) is 0 Å². The molecule has 2 heterocycles. The second-order valence-corrected chi connectivity index (χ2v) is 6.80. The first-order valence-corrected chi connectivity index (χ1v) is 9.57. The van der Waals surface area contributed by atoms with E-state index in [4.69, 9.17) is 9.47 Å². The Balaban J connectivity index is 1.48. The van der Waals surface area contributed by atoms with E-state index in [1.165, 1.54) is 5.56 Å². The Morgan fingerprint density at radius 3 is 2.70 bits per heavy atom. The van der Waals surface area contributed by atoms with Crippen molar-refractivity contribution >= 4 is 5.82 Å². The third-order valence-corrected chi connectivity index (χ3v) is 4.27. The minimum atomic E-state index is 0.423. The van der Waals surface area contributed by atoms with E-state index in [9.17, 15) is 0 Å². The van der Waals surface area contributed by atoms with E-state index in [0.29, 0.717) is 25.1 Å². The van der Waals surface area contributed by atoms with Crippen molar-refractivity contribution in [1.29, 1.82) is 0 Å². The summed E-state index contributed by atoms with van der Waals surface area (Å²) in [4.78, 5) is 11.0. The van der Waals surface area contributed by atoms with Crippen LogP contribution in [0.5, 0.6) is 11.6 Å². The van der Waals surface area contributed by atoms with Crippen molar-refractivity contribution in [3.63, 3.8) is 0 Å². The third kappa shape index (κ3) is 6.08. The molecule has 0 amide bonds. The Labute approximate surface area is 161 Å². The van der Waals surface area contributed by atoms with Crippen molar-refractivity contribution in [2.75, 3.05) is 44.3 Å².